The number of hydrogen-bond donors (Lipinski definition) is 0. The Kier molecular flexibility index (Phi) is 3.52. The summed E-state index contributed by atoms with van der Waals surface area (Å²) in [7, 11) is 1.67. The second-order valence-electron chi connectivity index (χ2n) is 5.29. The van der Waals surface area contributed by atoms with Crippen LogP contribution >= 0.6 is 0 Å². The molecular weight excluding hydrogens is 263 g/mol. The second-order valence-corrected chi connectivity index (χ2v) is 5.29. The van der Waals surface area contributed by atoms with E-state index >= 15 is 0 Å². The van der Waals surface area contributed by atoms with Crippen LogP contribution < -0.4 is 0 Å². The summed E-state index contributed by atoms with van der Waals surface area (Å²) >= 11 is 0. The van der Waals surface area contributed by atoms with E-state index in [9.17, 15) is 9.18 Å². The van der Waals surface area contributed by atoms with Crippen molar-refractivity contribution in [1.82, 2.24) is 19.7 Å². The van der Waals surface area contributed by atoms with Crippen LogP contribution in [0.1, 0.15) is 31.3 Å². The smallest absolute Gasteiger partial charge is 0.360 e. The number of hydrogen-bond acceptors (Lipinski definition) is 5. The molecule has 2 heterocycles. The van der Waals surface area contributed by atoms with Gasteiger partial charge in [0.1, 0.15) is 5.60 Å². The molecule has 2 aromatic heterocycles. The molecule has 6 nitrogen and oxygen atoms in total. The lowest BCUT2D eigenvalue weighted by Crippen LogP contribution is -2.24. The first-order chi connectivity index (χ1) is 9.26. The molecule has 0 bridgehead atoms. The van der Waals surface area contributed by atoms with Crippen LogP contribution in [0.5, 0.6) is 0 Å². The monoisotopic (exact) mass is 278 g/mol. The molecule has 7 heteroatoms. The maximum absolute atomic E-state index is 12.9. The number of carbonyl (C=O) groups excluding carboxylic acids is 1. The summed E-state index contributed by atoms with van der Waals surface area (Å²) in [4.78, 5) is 19.8. The molecule has 0 aliphatic heterocycles. The highest BCUT2D eigenvalue weighted by atomic mass is 19.1. The van der Waals surface area contributed by atoms with E-state index in [0.717, 1.165) is 12.4 Å². The number of aromatic nitrogens is 4. The fourth-order valence-electron chi connectivity index (χ4n) is 1.58. The first-order valence-electron chi connectivity index (χ1n) is 6.01. The van der Waals surface area contributed by atoms with Crippen LogP contribution in [-0.2, 0) is 11.8 Å². The van der Waals surface area contributed by atoms with E-state index in [0.29, 0.717) is 5.56 Å². The summed E-state index contributed by atoms with van der Waals surface area (Å²) in [6.07, 6.45) is 3.66. The Labute approximate surface area is 115 Å². The SMILES string of the molecule is Cn1cc(-c2ncc(F)cn2)c(C(=O)OC(C)(C)C)n1. The number of nitrogens with zero attached hydrogens (tertiary/aromatic N) is 4. The predicted octanol–water partition coefficient (Wildman–Crippen LogP) is 1.97. The molecule has 0 saturated carbocycles. The van der Waals surface area contributed by atoms with Gasteiger partial charge in [0.15, 0.2) is 17.3 Å². The lowest BCUT2D eigenvalue weighted by atomic mass is 10.2. The van der Waals surface area contributed by atoms with Crippen molar-refractivity contribution in [1.29, 1.82) is 0 Å². The quantitative estimate of drug-likeness (QED) is 0.785. The maximum atomic E-state index is 12.9. The summed E-state index contributed by atoms with van der Waals surface area (Å²) in [5.41, 5.74) is -0.119. The molecule has 106 valence electrons. The molecular formula is C13H15FN4O2. The van der Waals surface area contributed by atoms with E-state index in [1.165, 1.54) is 4.68 Å². The van der Waals surface area contributed by atoms with Gasteiger partial charge in [0.25, 0.3) is 0 Å². The van der Waals surface area contributed by atoms with Crippen molar-refractivity contribution in [2.75, 3.05) is 0 Å². The van der Waals surface area contributed by atoms with Crippen molar-refractivity contribution in [2.45, 2.75) is 26.4 Å². The Balaban J connectivity index is 2.40. The number of esters is 1. The van der Waals surface area contributed by atoms with Crippen LogP contribution in [0, 0.1) is 5.82 Å². The van der Waals surface area contributed by atoms with Gasteiger partial charge in [-0.25, -0.2) is 19.2 Å². The number of halogens is 1. The van der Waals surface area contributed by atoms with Crippen molar-refractivity contribution in [3.63, 3.8) is 0 Å². The van der Waals surface area contributed by atoms with Gasteiger partial charge in [-0.1, -0.05) is 0 Å². The summed E-state index contributed by atoms with van der Waals surface area (Å²) in [6.45, 7) is 5.30. The number of rotatable bonds is 2. The van der Waals surface area contributed by atoms with Crippen molar-refractivity contribution in [2.24, 2.45) is 7.05 Å². The average molecular weight is 278 g/mol. The molecule has 2 rings (SSSR count). The van der Waals surface area contributed by atoms with E-state index in [1.807, 2.05) is 0 Å². The topological polar surface area (TPSA) is 69.9 Å². The minimum Gasteiger partial charge on any atom is -0.455 e. The largest absolute Gasteiger partial charge is 0.455 e. The molecule has 0 aromatic carbocycles. The van der Waals surface area contributed by atoms with Crippen molar-refractivity contribution >= 4 is 5.97 Å². The summed E-state index contributed by atoms with van der Waals surface area (Å²) in [6, 6.07) is 0. The highest BCUT2D eigenvalue weighted by Gasteiger charge is 2.25. The zero-order chi connectivity index (χ0) is 14.9. The van der Waals surface area contributed by atoms with E-state index in [1.54, 1.807) is 34.0 Å². The highest BCUT2D eigenvalue weighted by Crippen LogP contribution is 2.21. The Hall–Kier alpha value is -2.31. The Morgan fingerprint density at radius 2 is 1.90 bits per heavy atom. The lowest BCUT2D eigenvalue weighted by molar-refractivity contribution is 0.00629. The zero-order valence-electron chi connectivity index (χ0n) is 11.7. The van der Waals surface area contributed by atoms with Crippen LogP contribution in [0.3, 0.4) is 0 Å². The first kappa shape index (κ1) is 14.1. The van der Waals surface area contributed by atoms with E-state index in [2.05, 4.69) is 15.1 Å². The van der Waals surface area contributed by atoms with Crippen LogP contribution in [-0.4, -0.2) is 31.3 Å². The van der Waals surface area contributed by atoms with E-state index in [4.69, 9.17) is 4.74 Å². The van der Waals surface area contributed by atoms with Crippen molar-refractivity contribution in [3.8, 4) is 11.4 Å². The van der Waals surface area contributed by atoms with Gasteiger partial charge in [-0.05, 0) is 20.8 Å². The third kappa shape index (κ3) is 3.17. The van der Waals surface area contributed by atoms with Crippen LogP contribution in [0.4, 0.5) is 4.39 Å². The molecule has 0 spiro atoms. The molecule has 0 radical (unpaired) electrons. The normalized spacial score (nSPS) is 11.4. The Morgan fingerprint density at radius 3 is 2.45 bits per heavy atom. The van der Waals surface area contributed by atoms with Gasteiger partial charge in [0.05, 0.1) is 18.0 Å². The lowest BCUT2D eigenvalue weighted by Gasteiger charge is -2.18. The van der Waals surface area contributed by atoms with Gasteiger partial charge in [0.2, 0.25) is 0 Å². The molecule has 0 N–H and O–H groups in total. The fraction of sp³-hybridized carbons (Fsp3) is 0.385. The van der Waals surface area contributed by atoms with Crippen molar-refractivity contribution < 1.29 is 13.9 Å². The summed E-state index contributed by atoms with van der Waals surface area (Å²) < 4.78 is 19.6. The summed E-state index contributed by atoms with van der Waals surface area (Å²) in [5.74, 6) is -0.891. The number of carbonyl (C=O) groups is 1. The van der Waals surface area contributed by atoms with Crippen LogP contribution in [0.15, 0.2) is 18.6 Å². The molecule has 0 saturated heterocycles. The van der Waals surface area contributed by atoms with Crippen LogP contribution in [0.2, 0.25) is 0 Å². The summed E-state index contributed by atoms with van der Waals surface area (Å²) in [5, 5.41) is 4.06. The van der Waals surface area contributed by atoms with Gasteiger partial charge < -0.3 is 4.74 Å². The predicted molar refractivity (Wildman–Crippen MR) is 69.4 cm³/mol. The van der Waals surface area contributed by atoms with Gasteiger partial charge in [0, 0.05) is 13.2 Å². The molecule has 0 atom stereocenters. The minimum atomic E-state index is -0.629. The number of aryl methyl sites for hydroxylation is 1. The molecule has 2 aromatic rings. The third-order valence-electron chi connectivity index (χ3n) is 2.28. The fourth-order valence-corrected chi connectivity index (χ4v) is 1.58. The van der Waals surface area contributed by atoms with E-state index in [-0.39, 0.29) is 11.5 Å². The number of ether oxygens (including phenoxy) is 1. The van der Waals surface area contributed by atoms with Gasteiger partial charge in [-0.15, -0.1) is 0 Å². The molecule has 0 aliphatic rings. The average Bonchev–Trinajstić information content (AvgIpc) is 2.70. The van der Waals surface area contributed by atoms with Crippen LogP contribution in [0.25, 0.3) is 11.4 Å². The minimum absolute atomic E-state index is 0.106. The molecule has 0 unspecified atom stereocenters. The molecule has 0 aliphatic carbocycles. The maximum Gasteiger partial charge on any atom is 0.360 e. The van der Waals surface area contributed by atoms with Gasteiger partial charge in [-0.3, -0.25) is 4.68 Å². The standard InChI is InChI=1S/C13H15FN4O2/c1-13(2,3)20-12(19)10-9(7-18(4)17-10)11-15-5-8(14)6-16-11/h5-7H,1-4H3. The Bertz CT molecular complexity index is 629. The zero-order valence-corrected chi connectivity index (χ0v) is 11.7. The highest BCUT2D eigenvalue weighted by molar-refractivity contribution is 5.94. The molecule has 0 fully saturated rings. The first-order valence-corrected chi connectivity index (χ1v) is 6.01. The second kappa shape index (κ2) is 4.99. The van der Waals surface area contributed by atoms with Crippen molar-refractivity contribution in [3.05, 3.63) is 30.1 Å². The molecule has 20 heavy (non-hydrogen) atoms. The van der Waals surface area contributed by atoms with Gasteiger partial charge in [-0.2, -0.15) is 5.10 Å². The molecule has 0 amide bonds. The Morgan fingerprint density at radius 1 is 1.30 bits per heavy atom. The van der Waals surface area contributed by atoms with E-state index < -0.39 is 17.4 Å². The van der Waals surface area contributed by atoms with Gasteiger partial charge >= 0.3 is 5.97 Å². The third-order valence-corrected chi connectivity index (χ3v) is 2.28.